The van der Waals surface area contributed by atoms with Gasteiger partial charge in [-0.2, -0.15) is 12.6 Å². The number of nitrogens with one attached hydrogen (secondary N) is 1. The van der Waals surface area contributed by atoms with Gasteiger partial charge in [-0.25, -0.2) is 0 Å². The van der Waals surface area contributed by atoms with Gasteiger partial charge in [0.15, 0.2) is 0 Å². The Balaban J connectivity index is 0.000000340. The van der Waals surface area contributed by atoms with Crippen LogP contribution in [0.4, 0.5) is 5.69 Å². The smallest absolute Gasteiger partial charge is 0.0460 e. The van der Waals surface area contributed by atoms with E-state index in [0.717, 1.165) is 18.5 Å². The number of hydrogen-bond acceptors (Lipinski definition) is 2. The van der Waals surface area contributed by atoms with Gasteiger partial charge in [0, 0.05) is 16.1 Å². The van der Waals surface area contributed by atoms with Crippen LogP contribution in [0, 0.1) is 13.8 Å². The van der Waals surface area contributed by atoms with Gasteiger partial charge in [-0.3, -0.25) is 0 Å². The summed E-state index contributed by atoms with van der Waals surface area (Å²) in [6.07, 6.45) is 16.7. The number of anilines is 1. The Hall–Kier alpha value is -1.93. The second-order valence-electron chi connectivity index (χ2n) is 10.1. The van der Waals surface area contributed by atoms with Gasteiger partial charge in [-0.05, 0) is 85.9 Å². The Morgan fingerprint density at radius 1 is 0.912 bits per heavy atom. The van der Waals surface area contributed by atoms with Gasteiger partial charge in [0.05, 0.1) is 0 Å². The molecule has 3 rings (SSSR count). The second-order valence-corrected chi connectivity index (χ2v) is 11.2. The molecule has 186 valence electrons. The summed E-state index contributed by atoms with van der Waals surface area (Å²) in [6, 6.07) is 13.2. The second kappa shape index (κ2) is 14.5. The highest BCUT2D eigenvalue weighted by Gasteiger charge is 2.17. The lowest BCUT2D eigenvalue weighted by Gasteiger charge is -2.23. The molecule has 0 bridgehead atoms. The van der Waals surface area contributed by atoms with Crippen molar-refractivity contribution in [2.75, 3.05) is 5.32 Å². The van der Waals surface area contributed by atoms with E-state index >= 15 is 0 Å². The van der Waals surface area contributed by atoms with E-state index in [1.807, 2.05) is 6.08 Å². The first-order valence-corrected chi connectivity index (χ1v) is 13.7. The molecular formula is C32H47NS. The van der Waals surface area contributed by atoms with Crippen LogP contribution >= 0.6 is 12.6 Å². The summed E-state index contributed by atoms with van der Waals surface area (Å²) >= 11 is 4.90. The Kier molecular flexibility index (Phi) is 12.0. The average Bonchev–Trinajstić information content (AvgIpc) is 2.81. The van der Waals surface area contributed by atoms with Gasteiger partial charge < -0.3 is 5.32 Å². The molecule has 0 spiro atoms. The number of benzene rings is 2. The predicted molar refractivity (Wildman–Crippen MR) is 157 cm³/mol. The minimum Gasteiger partial charge on any atom is -0.356 e. The molecule has 1 aliphatic heterocycles. The summed E-state index contributed by atoms with van der Waals surface area (Å²) in [5.41, 5.74) is 9.14. The molecule has 1 aliphatic rings. The zero-order valence-electron chi connectivity index (χ0n) is 22.3. The molecule has 0 saturated carbocycles. The molecule has 34 heavy (non-hydrogen) atoms. The van der Waals surface area contributed by atoms with Crippen LogP contribution in [0.1, 0.15) is 100.0 Å². The third kappa shape index (κ3) is 9.74. The Morgan fingerprint density at radius 2 is 1.65 bits per heavy atom. The zero-order chi connectivity index (χ0) is 25.0. The van der Waals surface area contributed by atoms with E-state index in [2.05, 4.69) is 89.0 Å². The number of unbranched alkanes of at least 4 members (excludes halogenated alkanes) is 4. The lowest BCUT2D eigenvalue weighted by atomic mass is 9.94. The Labute approximate surface area is 215 Å². The lowest BCUT2D eigenvalue weighted by Crippen LogP contribution is -2.16. The van der Waals surface area contributed by atoms with Crippen LogP contribution in [0.25, 0.3) is 6.08 Å². The van der Waals surface area contributed by atoms with Crippen molar-refractivity contribution in [3.05, 3.63) is 82.6 Å². The van der Waals surface area contributed by atoms with E-state index in [1.54, 1.807) is 0 Å². The van der Waals surface area contributed by atoms with Gasteiger partial charge >= 0.3 is 0 Å². The number of hydrogen-bond donors (Lipinski definition) is 2. The summed E-state index contributed by atoms with van der Waals surface area (Å²) in [5.74, 6) is 0. The van der Waals surface area contributed by atoms with Crippen molar-refractivity contribution in [2.45, 2.75) is 104 Å². The van der Waals surface area contributed by atoms with Gasteiger partial charge in [0.1, 0.15) is 0 Å². The first kappa shape index (κ1) is 28.3. The molecule has 0 aliphatic carbocycles. The molecule has 1 N–H and O–H groups in total. The molecule has 1 atom stereocenters. The monoisotopic (exact) mass is 477 g/mol. The number of rotatable bonds is 11. The number of thiol groups is 1. The minimum atomic E-state index is 0.202. The van der Waals surface area contributed by atoms with Crippen molar-refractivity contribution in [1.82, 2.24) is 0 Å². The summed E-state index contributed by atoms with van der Waals surface area (Å²) in [6.45, 7) is 15.1. The summed E-state index contributed by atoms with van der Waals surface area (Å²) < 4.78 is 0.202. The Morgan fingerprint density at radius 3 is 2.32 bits per heavy atom. The average molecular weight is 478 g/mol. The van der Waals surface area contributed by atoms with Crippen LogP contribution in [0.2, 0.25) is 0 Å². The molecule has 2 aromatic carbocycles. The van der Waals surface area contributed by atoms with Gasteiger partial charge in [0.2, 0.25) is 0 Å². The van der Waals surface area contributed by atoms with Crippen molar-refractivity contribution < 1.29 is 0 Å². The van der Waals surface area contributed by atoms with E-state index in [9.17, 15) is 0 Å². The summed E-state index contributed by atoms with van der Waals surface area (Å²) in [5, 5.41) is 3.35. The summed E-state index contributed by atoms with van der Waals surface area (Å²) in [4.78, 5) is 0. The molecule has 0 amide bonds. The van der Waals surface area contributed by atoms with Crippen molar-refractivity contribution in [2.24, 2.45) is 0 Å². The molecule has 1 unspecified atom stereocenters. The van der Waals surface area contributed by atoms with E-state index in [-0.39, 0.29) is 4.75 Å². The van der Waals surface area contributed by atoms with E-state index < -0.39 is 0 Å². The fourth-order valence-electron chi connectivity index (χ4n) is 4.50. The van der Waals surface area contributed by atoms with Crippen LogP contribution in [-0.2, 0) is 12.8 Å². The molecule has 0 saturated heterocycles. The molecule has 1 nitrogen and oxygen atoms in total. The normalized spacial score (nSPS) is 14.0. The quantitative estimate of drug-likeness (QED) is 0.242. The third-order valence-corrected chi connectivity index (χ3v) is 7.42. The minimum absolute atomic E-state index is 0.202. The van der Waals surface area contributed by atoms with Crippen LogP contribution in [0.5, 0.6) is 0 Å². The molecule has 0 radical (unpaired) electrons. The fraction of sp³-hybridized carbons (Fsp3) is 0.500. The highest BCUT2D eigenvalue weighted by molar-refractivity contribution is 7.81. The van der Waals surface area contributed by atoms with E-state index in [4.69, 9.17) is 12.6 Å². The van der Waals surface area contributed by atoms with Crippen molar-refractivity contribution >= 4 is 24.4 Å². The molecule has 0 aromatic heterocycles. The maximum Gasteiger partial charge on any atom is 0.0460 e. The van der Waals surface area contributed by atoms with Crippen LogP contribution < -0.4 is 5.32 Å². The highest BCUT2D eigenvalue weighted by atomic mass is 32.1. The van der Waals surface area contributed by atoms with Crippen LogP contribution in [0.3, 0.4) is 0 Å². The largest absolute Gasteiger partial charge is 0.356 e. The molecule has 2 aromatic rings. The van der Waals surface area contributed by atoms with Crippen molar-refractivity contribution in [3.63, 3.8) is 0 Å². The lowest BCUT2D eigenvalue weighted by molar-refractivity contribution is 0.482. The molecule has 1 heterocycles. The number of fused-ring (bicyclic) bond motifs is 1. The molecule has 2 heteroatoms. The van der Waals surface area contributed by atoms with Gasteiger partial charge in [-0.1, -0.05) is 95.9 Å². The molecule has 0 fully saturated rings. The first-order valence-electron chi connectivity index (χ1n) is 13.3. The standard InChI is InChI=1S/C22H33NS.C10H14/c1-4-5-6-8-15-22(3,24)16-9-7-10-19-12-14-20-13-11-18(2)23-21(20)17-19;1-4-10-7-5-6-8(2)9(10)3/h11-14,17,23-24H,2,4-10,15-16H2,1,3H3;5-7H,4H2,1-3H3. The van der Waals surface area contributed by atoms with Crippen molar-refractivity contribution in [3.8, 4) is 0 Å². The zero-order valence-corrected chi connectivity index (χ0v) is 23.2. The topological polar surface area (TPSA) is 12.0 Å². The molecular weight excluding hydrogens is 430 g/mol. The SMILES string of the molecule is C=C1C=Cc2ccc(CCCCC(C)(S)CCCCCC)cc2N1.CCc1cccc(C)c1C. The number of aryl methyl sites for hydroxylation is 3. The van der Waals surface area contributed by atoms with E-state index in [0.29, 0.717) is 0 Å². The van der Waals surface area contributed by atoms with Crippen LogP contribution in [-0.4, -0.2) is 4.75 Å². The maximum absolute atomic E-state index is 4.90. The van der Waals surface area contributed by atoms with E-state index in [1.165, 1.54) is 84.9 Å². The first-order chi connectivity index (χ1) is 16.3. The number of allylic oxidation sites excluding steroid dienone is 1. The fourth-order valence-corrected chi connectivity index (χ4v) is 4.82. The highest BCUT2D eigenvalue weighted by Crippen LogP contribution is 2.29. The predicted octanol–water partition coefficient (Wildman–Crippen LogP) is 9.88. The summed E-state index contributed by atoms with van der Waals surface area (Å²) in [7, 11) is 0. The van der Waals surface area contributed by atoms with Crippen LogP contribution in [0.15, 0.2) is 54.8 Å². The van der Waals surface area contributed by atoms with Crippen molar-refractivity contribution in [1.29, 1.82) is 0 Å². The Bertz CT molecular complexity index is 938. The van der Waals surface area contributed by atoms with Gasteiger partial charge in [0.25, 0.3) is 0 Å². The van der Waals surface area contributed by atoms with Gasteiger partial charge in [-0.15, -0.1) is 0 Å². The third-order valence-electron chi connectivity index (χ3n) is 6.97. The maximum atomic E-state index is 4.90.